The van der Waals surface area contributed by atoms with Crippen molar-refractivity contribution in [1.29, 1.82) is 0 Å². The number of H-pyrrole nitrogens is 2. The molecule has 4 aromatic rings. The number of rotatable bonds is 7. The number of urea groups is 1. The van der Waals surface area contributed by atoms with E-state index in [9.17, 15) is 9.59 Å². The molecular formula is C32H42Cl4N6O3Y2-4. The second-order valence-corrected chi connectivity index (χ2v) is 10.8. The Morgan fingerprint density at radius 3 is 1.91 bits per heavy atom. The maximum Gasteiger partial charge on any atom is 0.323 e. The van der Waals surface area contributed by atoms with Gasteiger partial charge in [-0.2, -0.15) is 35.0 Å². The standard InChI is InChI=1S/C13H13ClN3O.C8H7N2.C5H8Cl3NO.C4H8O.2CH3.2Y/c14-5-7-16-8-9-17(13(16)18)11-3-1-2-10-4-6-15-12(10)11;9-7-3-1-2-6-4-5-10-8(6)7;6-1-3-9(4-2-7)5(8)10;1-2-4-5-3-1;;;;/h1-3,6,15H,5,7-9H2;1-3,5,10H,9H2;1-4H2;1-4H2;2*1H3;;/q2*-1;;;2*-1;;. The van der Waals surface area contributed by atoms with E-state index >= 15 is 0 Å². The maximum absolute atomic E-state index is 12.2. The smallest absolute Gasteiger partial charge is 0.323 e. The first-order valence-corrected chi connectivity index (χ1v) is 15.9. The van der Waals surface area contributed by atoms with Gasteiger partial charge in [0.25, 0.3) is 0 Å². The minimum absolute atomic E-state index is 0. The van der Waals surface area contributed by atoms with Gasteiger partial charge in [-0.05, 0) is 41.2 Å². The molecule has 2 aromatic heterocycles. The molecule has 0 unspecified atom stereocenters. The van der Waals surface area contributed by atoms with Crippen molar-refractivity contribution in [2.75, 3.05) is 74.2 Å². The molecule has 0 bridgehead atoms. The summed E-state index contributed by atoms with van der Waals surface area (Å²) in [6.45, 7) is 4.94. The third-order valence-corrected chi connectivity index (χ3v) is 7.30. The van der Waals surface area contributed by atoms with Gasteiger partial charge < -0.3 is 50.0 Å². The second-order valence-electron chi connectivity index (χ2n) is 9.38. The van der Waals surface area contributed by atoms with Crippen LogP contribution in [0, 0.1) is 27.0 Å². The van der Waals surface area contributed by atoms with Crippen LogP contribution in [0.25, 0.3) is 21.8 Å². The number of alkyl halides is 3. The summed E-state index contributed by atoms with van der Waals surface area (Å²) in [4.78, 5) is 33.8. The minimum Gasteiger partial charge on any atom is -0.422 e. The zero-order valence-corrected chi connectivity index (χ0v) is 35.6. The van der Waals surface area contributed by atoms with Crippen molar-refractivity contribution in [3.05, 3.63) is 75.8 Å². The SMILES string of the molecule is C1CCOC1.Nc1cccc2[c-]c[nH]c12.O=C(Cl)N(CCCl)CCCl.O=C1N(CCCl)CCN1c1cccc2[c-]c[nH]c12.[CH3-].[CH3-].[Y].[Y]. The largest absolute Gasteiger partial charge is 0.422 e. The number of halogens is 4. The number of aromatic nitrogens is 2. The monoisotopic (exact) mass is 876 g/mol. The number of nitrogen functional groups attached to an aromatic ring is 1. The molecule has 3 amide bonds. The molecule has 47 heavy (non-hydrogen) atoms. The number of ether oxygens (including phenoxy) is 1. The summed E-state index contributed by atoms with van der Waals surface area (Å²) in [6.07, 6.45) is 6.09. The van der Waals surface area contributed by atoms with Crippen molar-refractivity contribution in [3.63, 3.8) is 0 Å². The average molecular weight is 878 g/mol. The van der Waals surface area contributed by atoms with Crippen LogP contribution in [-0.4, -0.2) is 94.7 Å². The van der Waals surface area contributed by atoms with Gasteiger partial charge in [-0.25, -0.2) is 4.79 Å². The molecule has 0 atom stereocenters. The zero-order chi connectivity index (χ0) is 31.0. The first-order valence-electron chi connectivity index (χ1n) is 13.9. The number of para-hydroxylation sites is 2. The number of nitrogens with zero attached hydrogens (tertiary/aromatic N) is 3. The summed E-state index contributed by atoms with van der Waals surface area (Å²) in [5.41, 5.74) is 9.27. The Labute approximate surface area is 349 Å². The maximum atomic E-state index is 12.2. The van der Waals surface area contributed by atoms with Crippen LogP contribution in [0.15, 0.2) is 48.8 Å². The number of amides is 3. The molecule has 0 aliphatic carbocycles. The number of aromatic amines is 2. The van der Waals surface area contributed by atoms with Crippen LogP contribution in [0.3, 0.4) is 0 Å². The molecular weight excluding hydrogens is 836 g/mol. The first kappa shape index (κ1) is 48.5. The molecule has 256 valence electrons. The van der Waals surface area contributed by atoms with Crippen molar-refractivity contribution in [2.45, 2.75) is 12.8 Å². The topological polar surface area (TPSA) is 111 Å². The summed E-state index contributed by atoms with van der Waals surface area (Å²) in [5.74, 6) is 1.24. The van der Waals surface area contributed by atoms with Gasteiger partial charge >= 0.3 is 11.4 Å². The fourth-order valence-corrected chi connectivity index (χ4v) is 5.16. The van der Waals surface area contributed by atoms with Crippen LogP contribution >= 0.6 is 46.4 Å². The number of carbonyl (C=O) groups is 2. The van der Waals surface area contributed by atoms with Gasteiger partial charge in [0.05, 0.1) is 0 Å². The summed E-state index contributed by atoms with van der Waals surface area (Å²) in [7, 11) is 0. The van der Waals surface area contributed by atoms with E-state index in [-0.39, 0.29) is 86.3 Å². The molecule has 2 fully saturated rings. The number of nitrogens with two attached hydrogens (primary N) is 1. The summed E-state index contributed by atoms with van der Waals surface area (Å²) < 4.78 is 4.94. The molecule has 2 aromatic carbocycles. The van der Waals surface area contributed by atoms with E-state index in [0.29, 0.717) is 43.8 Å². The summed E-state index contributed by atoms with van der Waals surface area (Å²) in [5, 5.41) is 1.54. The number of hydrogen-bond acceptors (Lipinski definition) is 4. The number of hydrogen-bond donors (Lipinski definition) is 3. The predicted molar refractivity (Wildman–Crippen MR) is 191 cm³/mol. The molecule has 2 aliphatic rings. The van der Waals surface area contributed by atoms with Crippen molar-refractivity contribution in [1.82, 2.24) is 19.8 Å². The number of anilines is 2. The molecule has 2 aliphatic heterocycles. The third kappa shape index (κ3) is 15.4. The Balaban J connectivity index is 0. The van der Waals surface area contributed by atoms with Crippen LogP contribution in [0.2, 0.25) is 0 Å². The number of benzene rings is 2. The van der Waals surface area contributed by atoms with Crippen molar-refractivity contribution < 1.29 is 79.7 Å². The summed E-state index contributed by atoms with van der Waals surface area (Å²) >= 11 is 21.6. The molecule has 0 saturated carbocycles. The third-order valence-electron chi connectivity index (χ3n) is 6.55. The van der Waals surface area contributed by atoms with E-state index in [1.165, 1.54) is 17.7 Å². The number of nitrogens with one attached hydrogen (secondary N) is 2. The van der Waals surface area contributed by atoms with Gasteiger partial charge in [-0.1, -0.05) is 24.5 Å². The van der Waals surface area contributed by atoms with Gasteiger partial charge in [-0.3, -0.25) is 4.79 Å². The van der Waals surface area contributed by atoms with Crippen LogP contribution in [-0.2, 0) is 70.2 Å². The van der Waals surface area contributed by atoms with E-state index in [4.69, 9.17) is 56.9 Å². The predicted octanol–water partition coefficient (Wildman–Crippen LogP) is 7.82. The molecule has 15 heteroatoms. The van der Waals surface area contributed by atoms with E-state index in [1.54, 1.807) is 22.2 Å². The van der Waals surface area contributed by atoms with Crippen molar-refractivity contribution in [2.24, 2.45) is 0 Å². The molecule has 6 rings (SSSR count). The number of fused-ring (bicyclic) bond motifs is 2. The summed E-state index contributed by atoms with van der Waals surface area (Å²) in [6, 6.07) is 17.8. The van der Waals surface area contributed by atoms with Crippen LogP contribution in [0.1, 0.15) is 12.8 Å². The Kier molecular flexibility index (Phi) is 28.0. The normalized spacial score (nSPS) is 12.9. The van der Waals surface area contributed by atoms with Gasteiger partial charge in [-0.15, -0.1) is 46.9 Å². The molecule has 2 radical (unpaired) electrons. The van der Waals surface area contributed by atoms with E-state index < -0.39 is 5.37 Å². The quantitative estimate of drug-likeness (QED) is 0.0579. The van der Waals surface area contributed by atoms with Crippen LogP contribution in [0.5, 0.6) is 0 Å². The van der Waals surface area contributed by atoms with Gasteiger partial charge in [0.2, 0.25) is 0 Å². The average Bonchev–Trinajstić information content (AvgIpc) is 3.83. The van der Waals surface area contributed by atoms with Crippen LogP contribution < -0.4 is 10.6 Å². The number of carbonyl (C=O) groups excluding carboxylic acids is 2. The van der Waals surface area contributed by atoms with Gasteiger partial charge in [0.15, 0.2) is 0 Å². The van der Waals surface area contributed by atoms with Gasteiger partial charge in [0.1, 0.15) is 0 Å². The van der Waals surface area contributed by atoms with Crippen molar-refractivity contribution >= 4 is 91.0 Å². The Morgan fingerprint density at radius 1 is 0.872 bits per heavy atom. The Hall–Kier alpha value is -0.612. The Morgan fingerprint density at radius 2 is 1.43 bits per heavy atom. The molecule has 4 heterocycles. The second kappa shape index (κ2) is 27.2. The van der Waals surface area contributed by atoms with Crippen LogP contribution in [0.4, 0.5) is 21.0 Å². The van der Waals surface area contributed by atoms with E-state index in [1.807, 2.05) is 36.4 Å². The fraction of sp³-hybridized carbons (Fsp3) is 0.375. The van der Waals surface area contributed by atoms with Gasteiger partial charge in [0, 0.05) is 135 Å². The molecule has 0 spiro atoms. The fourth-order valence-electron chi connectivity index (χ4n) is 4.38. The van der Waals surface area contributed by atoms with E-state index in [2.05, 4.69) is 22.1 Å². The first-order chi connectivity index (χ1) is 20.9. The molecule has 9 nitrogen and oxygen atoms in total. The molecule has 2 saturated heterocycles. The van der Waals surface area contributed by atoms with E-state index in [0.717, 1.165) is 52.9 Å². The minimum atomic E-state index is -0.499. The van der Waals surface area contributed by atoms with Crippen molar-refractivity contribution in [3.8, 4) is 0 Å². The molecule has 4 N–H and O–H groups in total. The Bertz CT molecular complexity index is 1410. The zero-order valence-electron chi connectivity index (χ0n) is 26.9.